The molecule has 0 aliphatic carbocycles. The van der Waals surface area contributed by atoms with Crippen molar-refractivity contribution in [2.45, 2.75) is 50.8 Å². The van der Waals surface area contributed by atoms with Crippen molar-refractivity contribution in [2.24, 2.45) is 17.6 Å². The molecule has 6 nitrogen and oxygen atoms in total. The first-order valence-electron chi connectivity index (χ1n) is 11.7. The van der Waals surface area contributed by atoms with Crippen molar-refractivity contribution in [3.63, 3.8) is 0 Å². The molecule has 2 atom stereocenters. The minimum absolute atomic E-state index is 0.0233. The van der Waals surface area contributed by atoms with Crippen LogP contribution in [0.5, 0.6) is 0 Å². The topological polar surface area (TPSA) is 62.0 Å². The second-order valence-corrected chi connectivity index (χ2v) is 9.85. The van der Waals surface area contributed by atoms with Gasteiger partial charge in [-0.3, -0.25) is 4.90 Å². The number of ether oxygens (including phenoxy) is 1. The van der Waals surface area contributed by atoms with Crippen LogP contribution in [0.15, 0.2) is 18.2 Å². The van der Waals surface area contributed by atoms with Crippen LogP contribution in [0.1, 0.15) is 24.0 Å². The molecule has 2 N–H and O–H groups in total. The van der Waals surface area contributed by atoms with E-state index >= 15 is 0 Å². The fraction of sp³-hybridized carbons (Fsp3) is 0.696. The van der Waals surface area contributed by atoms with E-state index in [1.807, 2.05) is 6.07 Å². The lowest BCUT2D eigenvalue weighted by Crippen LogP contribution is -2.48. The van der Waals surface area contributed by atoms with Gasteiger partial charge in [-0.2, -0.15) is 26.3 Å². The zero-order valence-electron chi connectivity index (χ0n) is 19.4. The lowest BCUT2D eigenvalue weighted by Gasteiger charge is -2.34. The monoisotopic (exact) mass is 508 g/mol. The predicted molar refractivity (Wildman–Crippen MR) is 117 cm³/mol. The Bertz CT molecular complexity index is 888. The largest absolute Gasteiger partial charge is 0.434 e. The molecule has 1 aromatic carbocycles. The number of fused-ring (bicyclic) bond motifs is 1. The highest BCUT2D eigenvalue weighted by Gasteiger charge is 2.60. The third-order valence-corrected chi connectivity index (χ3v) is 7.32. The summed E-state index contributed by atoms with van der Waals surface area (Å²) >= 11 is 0. The number of carbonyl (C=O) groups excluding carboxylic acids is 1. The molecule has 0 saturated carbocycles. The number of hydrogen-bond acceptors (Lipinski definition) is 5. The standard InChI is InChI=1S/C23H30F6N4O2/c1-14-15(3-2-4-19(14)32-7-5-18(30)6-8-32)9-31-10-16-12-33(13-17(16)11-31)21(34)35-20(22(24,25)26)23(27,28)29/h2-4,16-18,20H,5-13,30H2,1H3. The van der Waals surface area contributed by atoms with E-state index in [1.54, 1.807) is 0 Å². The average Bonchev–Trinajstić information content (AvgIpc) is 3.31. The van der Waals surface area contributed by atoms with E-state index in [4.69, 9.17) is 5.73 Å². The van der Waals surface area contributed by atoms with Gasteiger partial charge in [0.25, 0.3) is 6.10 Å². The number of halogens is 6. The van der Waals surface area contributed by atoms with Crippen LogP contribution in [0.4, 0.5) is 36.8 Å². The van der Waals surface area contributed by atoms with Crippen molar-refractivity contribution in [1.29, 1.82) is 0 Å². The number of anilines is 1. The van der Waals surface area contributed by atoms with Crippen LogP contribution in [0.25, 0.3) is 0 Å². The molecule has 3 aliphatic heterocycles. The number of benzene rings is 1. The molecule has 2 unspecified atom stereocenters. The first kappa shape index (κ1) is 25.9. The second kappa shape index (κ2) is 9.68. The minimum atomic E-state index is -5.72. The van der Waals surface area contributed by atoms with Gasteiger partial charge >= 0.3 is 18.4 Å². The molecule has 3 aliphatic rings. The highest BCUT2D eigenvalue weighted by Crippen LogP contribution is 2.38. The van der Waals surface area contributed by atoms with Gasteiger partial charge in [0.05, 0.1) is 0 Å². The van der Waals surface area contributed by atoms with E-state index in [0.29, 0.717) is 19.6 Å². The Hall–Kier alpha value is -2.21. The number of likely N-dealkylation sites (tertiary alicyclic amines) is 2. The molecule has 3 fully saturated rings. The molecule has 12 heteroatoms. The summed E-state index contributed by atoms with van der Waals surface area (Å²) in [5, 5.41) is 0. The maximum absolute atomic E-state index is 12.7. The van der Waals surface area contributed by atoms with Crippen molar-refractivity contribution in [1.82, 2.24) is 9.80 Å². The average molecular weight is 509 g/mol. The first-order valence-corrected chi connectivity index (χ1v) is 11.7. The lowest BCUT2D eigenvalue weighted by atomic mass is 10.0. The van der Waals surface area contributed by atoms with Crippen LogP contribution < -0.4 is 10.6 Å². The van der Waals surface area contributed by atoms with Crippen molar-refractivity contribution in [3.8, 4) is 0 Å². The first-order chi connectivity index (χ1) is 16.3. The van der Waals surface area contributed by atoms with Gasteiger partial charge in [0, 0.05) is 57.5 Å². The highest BCUT2D eigenvalue weighted by atomic mass is 19.4. The Morgan fingerprint density at radius 1 is 1.03 bits per heavy atom. The van der Waals surface area contributed by atoms with E-state index in [1.165, 1.54) is 16.8 Å². The molecule has 0 spiro atoms. The van der Waals surface area contributed by atoms with E-state index < -0.39 is 24.5 Å². The lowest BCUT2D eigenvalue weighted by molar-refractivity contribution is -0.308. The van der Waals surface area contributed by atoms with Crippen LogP contribution in [0.2, 0.25) is 0 Å². The normalized spacial score (nSPS) is 24.4. The minimum Gasteiger partial charge on any atom is -0.426 e. The summed E-state index contributed by atoms with van der Waals surface area (Å²) < 4.78 is 80.2. The second-order valence-electron chi connectivity index (χ2n) is 9.85. The van der Waals surface area contributed by atoms with E-state index in [2.05, 4.69) is 33.6 Å². The van der Waals surface area contributed by atoms with Crippen molar-refractivity contribution < 1.29 is 35.9 Å². The van der Waals surface area contributed by atoms with Gasteiger partial charge in [-0.05, 0) is 48.8 Å². The fourth-order valence-corrected chi connectivity index (χ4v) is 5.43. The summed E-state index contributed by atoms with van der Waals surface area (Å²) in [6.45, 7) is 5.98. The summed E-state index contributed by atoms with van der Waals surface area (Å²) in [4.78, 5) is 17.6. The van der Waals surface area contributed by atoms with Crippen molar-refractivity contribution in [2.75, 3.05) is 44.2 Å². The van der Waals surface area contributed by atoms with Gasteiger partial charge in [0.1, 0.15) is 0 Å². The van der Waals surface area contributed by atoms with Crippen molar-refractivity contribution in [3.05, 3.63) is 29.3 Å². The summed E-state index contributed by atoms with van der Waals surface area (Å²) in [7, 11) is 0. The Morgan fingerprint density at radius 3 is 2.14 bits per heavy atom. The smallest absolute Gasteiger partial charge is 0.426 e. The van der Waals surface area contributed by atoms with Gasteiger partial charge in [0.15, 0.2) is 0 Å². The molecule has 0 radical (unpaired) electrons. The summed E-state index contributed by atoms with van der Waals surface area (Å²) in [5.74, 6) is -0.0466. The zero-order chi connectivity index (χ0) is 25.5. The summed E-state index contributed by atoms with van der Waals surface area (Å²) in [6, 6.07) is 6.44. The van der Waals surface area contributed by atoms with E-state index in [-0.39, 0.29) is 31.0 Å². The Balaban J connectivity index is 1.33. The van der Waals surface area contributed by atoms with E-state index in [9.17, 15) is 31.1 Å². The number of nitrogens with two attached hydrogens (primary N) is 1. The van der Waals surface area contributed by atoms with Crippen LogP contribution in [0, 0.1) is 18.8 Å². The van der Waals surface area contributed by atoms with Crippen LogP contribution >= 0.6 is 0 Å². The molecule has 3 saturated heterocycles. The van der Waals surface area contributed by atoms with E-state index in [0.717, 1.165) is 30.8 Å². The third kappa shape index (κ3) is 5.79. The molecule has 4 rings (SSSR count). The van der Waals surface area contributed by atoms with Gasteiger partial charge in [0.2, 0.25) is 0 Å². The predicted octanol–water partition coefficient (Wildman–Crippen LogP) is 3.92. The number of amides is 1. The van der Waals surface area contributed by atoms with Gasteiger partial charge < -0.3 is 20.3 Å². The number of alkyl halides is 6. The molecule has 1 amide bonds. The van der Waals surface area contributed by atoms with Crippen LogP contribution in [-0.2, 0) is 11.3 Å². The van der Waals surface area contributed by atoms with Crippen LogP contribution in [0.3, 0.4) is 0 Å². The summed E-state index contributed by atoms with van der Waals surface area (Å²) in [6.07, 6.45) is -15.2. The van der Waals surface area contributed by atoms with Gasteiger partial charge in [-0.15, -0.1) is 0 Å². The zero-order valence-corrected chi connectivity index (χ0v) is 19.4. The fourth-order valence-electron chi connectivity index (χ4n) is 5.43. The molecule has 0 bridgehead atoms. The van der Waals surface area contributed by atoms with Gasteiger partial charge in [-0.25, -0.2) is 4.79 Å². The van der Waals surface area contributed by atoms with Crippen LogP contribution in [-0.4, -0.2) is 79.7 Å². The SMILES string of the molecule is Cc1c(CN2CC3CN(C(=O)OC(C(F)(F)F)C(F)(F)F)CC3C2)cccc1N1CCC(N)CC1. The molecular weight excluding hydrogens is 478 g/mol. The Labute approximate surface area is 200 Å². The number of piperidine rings is 1. The quantitative estimate of drug-likeness (QED) is 0.625. The third-order valence-electron chi connectivity index (χ3n) is 7.32. The molecule has 35 heavy (non-hydrogen) atoms. The number of carbonyl (C=O) groups is 1. The molecule has 196 valence electrons. The Morgan fingerprint density at radius 2 is 1.60 bits per heavy atom. The van der Waals surface area contributed by atoms with Crippen molar-refractivity contribution >= 4 is 11.8 Å². The maximum atomic E-state index is 12.7. The molecule has 3 heterocycles. The van der Waals surface area contributed by atoms with Gasteiger partial charge in [-0.1, -0.05) is 12.1 Å². The molecule has 1 aromatic rings. The number of hydrogen-bond donors (Lipinski definition) is 1. The molecular formula is C23H30F6N4O2. The number of nitrogens with zero attached hydrogens (tertiary/aromatic N) is 3. The Kier molecular flexibility index (Phi) is 7.16. The maximum Gasteiger partial charge on any atom is 0.434 e. The summed E-state index contributed by atoms with van der Waals surface area (Å²) in [5.41, 5.74) is 9.57. The molecule has 0 aromatic heterocycles. The highest BCUT2D eigenvalue weighted by molar-refractivity contribution is 5.68. The number of rotatable bonds is 4.